The molecule has 0 radical (unpaired) electrons. The molecule has 0 amide bonds. The molecule has 12 rings (SSSR count). The van der Waals surface area contributed by atoms with Crippen molar-refractivity contribution >= 4 is 39.5 Å². The molecule has 0 heterocycles. The first-order valence-electron chi connectivity index (χ1n) is 20.5. The van der Waals surface area contributed by atoms with E-state index in [-0.39, 0.29) is 0 Å². The van der Waals surface area contributed by atoms with Gasteiger partial charge in [-0.15, -0.1) is 0 Å². The lowest BCUT2D eigenvalue weighted by Crippen LogP contribution is -2.13. The molecule has 9 aromatic carbocycles. The van der Waals surface area contributed by atoms with Crippen molar-refractivity contribution in [1.29, 1.82) is 0 Å². The smallest absolute Gasteiger partial charge is 0.0543 e. The molecule has 1 nitrogen and oxygen atoms in total. The van der Waals surface area contributed by atoms with Crippen LogP contribution in [0.15, 0.2) is 194 Å². The molecule has 0 spiro atoms. The quantitative estimate of drug-likeness (QED) is 0.164. The third-order valence-corrected chi connectivity index (χ3v) is 12.8. The molecular weight excluding hydrogens is 699 g/mol. The highest BCUT2D eigenvalue weighted by molar-refractivity contribution is 6.10. The van der Waals surface area contributed by atoms with Crippen molar-refractivity contribution in [3.8, 4) is 44.5 Å². The van der Waals surface area contributed by atoms with Crippen LogP contribution in [0.2, 0.25) is 0 Å². The Bertz CT molecular complexity index is 3120. The Morgan fingerprint density at radius 3 is 1.83 bits per heavy atom. The van der Waals surface area contributed by atoms with Crippen LogP contribution < -0.4 is 4.90 Å². The summed E-state index contributed by atoms with van der Waals surface area (Å²) in [5.41, 5.74) is 25.1. The number of hydrogen-bond acceptors (Lipinski definition) is 1. The first-order valence-corrected chi connectivity index (χ1v) is 20.5. The van der Waals surface area contributed by atoms with Crippen LogP contribution in [-0.2, 0) is 19.3 Å². The molecule has 3 aliphatic rings. The molecule has 3 aliphatic carbocycles. The lowest BCUT2D eigenvalue weighted by molar-refractivity contribution is 1.20. The first kappa shape index (κ1) is 33.0. The average molecular weight is 738 g/mol. The van der Waals surface area contributed by atoms with Gasteiger partial charge < -0.3 is 4.90 Å². The summed E-state index contributed by atoms with van der Waals surface area (Å²) in [6.07, 6.45) is 5.22. The Balaban J connectivity index is 1.02. The number of allylic oxidation sites excluding steroid dienone is 1. The second-order valence-electron chi connectivity index (χ2n) is 16.0. The molecular formula is C57H39N. The van der Waals surface area contributed by atoms with Crippen molar-refractivity contribution in [1.82, 2.24) is 0 Å². The van der Waals surface area contributed by atoms with Crippen LogP contribution in [0.3, 0.4) is 0 Å². The normalized spacial score (nSPS) is 13.1. The maximum atomic E-state index is 2.54. The zero-order valence-electron chi connectivity index (χ0n) is 32.1. The SMILES string of the molecule is C1=C(c2ccccc2)Cc2cccc(-c3ccc4c(c3)-c3c(cc(N(c5ccc(-c6ccccc6)cc5)c5cccc6c5Cc5ccccc5-6)c5ccccc35)C4)c21. The van der Waals surface area contributed by atoms with E-state index in [1.807, 2.05) is 0 Å². The van der Waals surface area contributed by atoms with E-state index in [0.717, 1.165) is 24.9 Å². The van der Waals surface area contributed by atoms with Crippen LogP contribution in [0, 0.1) is 0 Å². The van der Waals surface area contributed by atoms with Crippen LogP contribution in [0.5, 0.6) is 0 Å². The monoisotopic (exact) mass is 737 g/mol. The molecule has 0 fully saturated rings. The molecule has 0 unspecified atom stereocenters. The molecule has 0 N–H and O–H groups in total. The summed E-state index contributed by atoms with van der Waals surface area (Å²) in [6, 6.07) is 72.1. The Labute approximate surface area is 339 Å². The van der Waals surface area contributed by atoms with Gasteiger partial charge in [0.15, 0.2) is 0 Å². The van der Waals surface area contributed by atoms with Crippen molar-refractivity contribution in [2.24, 2.45) is 0 Å². The highest BCUT2D eigenvalue weighted by Gasteiger charge is 2.29. The molecule has 0 aromatic heterocycles. The zero-order valence-corrected chi connectivity index (χ0v) is 32.1. The summed E-state index contributed by atoms with van der Waals surface area (Å²) >= 11 is 0. The summed E-state index contributed by atoms with van der Waals surface area (Å²) in [7, 11) is 0. The van der Waals surface area contributed by atoms with Crippen molar-refractivity contribution in [3.63, 3.8) is 0 Å². The van der Waals surface area contributed by atoms with Gasteiger partial charge in [-0.2, -0.15) is 0 Å². The minimum atomic E-state index is 0.910. The zero-order chi connectivity index (χ0) is 38.2. The van der Waals surface area contributed by atoms with Crippen LogP contribution in [-0.4, -0.2) is 0 Å². The summed E-state index contributed by atoms with van der Waals surface area (Å²) in [4.78, 5) is 2.54. The molecule has 0 bridgehead atoms. The predicted molar refractivity (Wildman–Crippen MR) is 244 cm³/mol. The lowest BCUT2D eigenvalue weighted by atomic mass is 9.92. The van der Waals surface area contributed by atoms with Crippen molar-refractivity contribution in [2.45, 2.75) is 19.3 Å². The molecule has 1 heteroatoms. The molecule has 0 aliphatic heterocycles. The number of hydrogen-bond donors (Lipinski definition) is 0. The molecule has 9 aromatic rings. The van der Waals surface area contributed by atoms with Crippen molar-refractivity contribution in [2.75, 3.05) is 4.90 Å². The lowest BCUT2D eigenvalue weighted by Gasteiger charge is -2.30. The number of nitrogens with zero attached hydrogens (tertiary/aromatic N) is 1. The van der Waals surface area contributed by atoms with E-state index in [2.05, 4.69) is 205 Å². The minimum absolute atomic E-state index is 0.910. The molecule has 0 atom stereocenters. The van der Waals surface area contributed by atoms with Gasteiger partial charge in [-0.05, 0) is 144 Å². The number of rotatable bonds is 6. The largest absolute Gasteiger partial charge is 0.310 e. The van der Waals surface area contributed by atoms with Gasteiger partial charge in [0.25, 0.3) is 0 Å². The summed E-state index contributed by atoms with van der Waals surface area (Å²) < 4.78 is 0. The standard InChI is InChI=1S/C57H39N/c1-3-13-37(14-4-1)39-27-29-46(30-28-39)58(55-24-12-23-49-47-19-8-7-17-41(47)34-54(49)55)56-36-45-32-42-25-26-43(33-53(42)57(45)51-21-10-9-20-50(51)56)48-22-11-18-40-31-44(35-52(40)48)38-15-5-2-6-16-38/h1-30,33,35-36H,31-32,34H2. The highest BCUT2D eigenvalue weighted by atomic mass is 15.1. The van der Waals surface area contributed by atoms with Gasteiger partial charge in [-0.3, -0.25) is 0 Å². The van der Waals surface area contributed by atoms with Crippen molar-refractivity contribution in [3.05, 3.63) is 233 Å². The maximum absolute atomic E-state index is 2.54. The number of anilines is 3. The first-order chi connectivity index (χ1) is 28.7. The Hall–Kier alpha value is -7.22. The van der Waals surface area contributed by atoms with E-state index in [0.29, 0.717) is 0 Å². The van der Waals surface area contributed by atoms with E-state index >= 15 is 0 Å². The topological polar surface area (TPSA) is 3.24 Å². The van der Waals surface area contributed by atoms with E-state index in [1.54, 1.807) is 0 Å². The third kappa shape index (κ3) is 5.24. The fraction of sp³-hybridized carbons (Fsp3) is 0.0526. The van der Waals surface area contributed by atoms with Gasteiger partial charge in [-0.1, -0.05) is 164 Å². The summed E-state index contributed by atoms with van der Waals surface area (Å²) in [6.45, 7) is 0. The van der Waals surface area contributed by atoms with Crippen molar-refractivity contribution < 1.29 is 0 Å². The second kappa shape index (κ2) is 13.2. The molecule has 58 heavy (non-hydrogen) atoms. The fourth-order valence-electron chi connectivity index (χ4n) is 10.0. The molecule has 272 valence electrons. The Morgan fingerprint density at radius 2 is 0.983 bits per heavy atom. The van der Waals surface area contributed by atoms with Crippen LogP contribution >= 0.6 is 0 Å². The highest BCUT2D eigenvalue weighted by Crippen LogP contribution is 2.51. The van der Waals surface area contributed by atoms with E-state index in [4.69, 9.17) is 0 Å². The van der Waals surface area contributed by atoms with Gasteiger partial charge in [0.05, 0.1) is 11.4 Å². The van der Waals surface area contributed by atoms with Gasteiger partial charge in [-0.25, -0.2) is 0 Å². The third-order valence-electron chi connectivity index (χ3n) is 12.8. The molecule has 0 saturated heterocycles. The maximum Gasteiger partial charge on any atom is 0.0543 e. The summed E-state index contributed by atoms with van der Waals surface area (Å²) in [5, 5.41) is 2.56. The Morgan fingerprint density at radius 1 is 0.345 bits per heavy atom. The van der Waals surface area contributed by atoms with Gasteiger partial charge in [0.2, 0.25) is 0 Å². The van der Waals surface area contributed by atoms with E-state index in [1.165, 1.54) is 111 Å². The van der Waals surface area contributed by atoms with Gasteiger partial charge in [0.1, 0.15) is 0 Å². The van der Waals surface area contributed by atoms with Gasteiger partial charge >= 0.3 is 0 Å². The molecule has 0 saturated carbocycles. The number of benzene rings is 9. The predicted octanol–water partition coefficient (Wildman–Crippen LogP) is 14.9. The van der Waals surface area contributed by atoms with E-state index < -0.39 is 0 Å². The van der Waals surface area contributed by atoms with Crippen LogP contribution in [0.1, 0.15) is 38.9 Å². The Kier molecular flexibility index (Phi) is 7.50. The average Bonchev–Trinajstić information content (AvgIpc) is 4.01. The summed E-state index contributed by atoms with van der Waals surface area (Å²) in [5.74, 6) is 0. The van der Waals surface area contributed by atoms with E-state index in [9.17, 15) is 0 Å². The second-order valence-corrected chi connectivity index (χ2v) is 16.0. The van der Waals surface area contributed by atoms with Gasteiger partial charge in [0, 0.05) is 17.5 Å². The fourth-order valence-corrected chi connectivity index (χ4v) is 10.0. The van der Waals surface area contributed by atoms with Crippen LogP contribution in [0.4, 0.5) is 17.1 Å². The minimum Gasteiger partial charge on any atom is -0.310 e. The number of fused-ring (bicyclic) bond motifs is 9. The van der Waals surface area contributed by atoms with Crippen LogP contribution in [0.25, 0.3) is 66.9 Å².